The smallest absolute Gasteiger partial charge is 0.371 e. The van der Waals surface area contributed by atoms with E-state index < -0.39 is 5.97 Å². The maximum Gasteiger partial charge on any atom is 0.371 e. The molecular formula is C17H18N2O3. The Hall–Kier alpha value is -2.56. The van der Waals surface area contributed by atoms with Gasteiger partial charge in [0.25, 0.3) is 0 Å². The van der Waals surface area contributed by atoms with Crippen LogP contribution in [-0.2, 0) is 5.41 Å². The van der Waals surface area contributed by atoms with Crippen molar-refractivity contribution >= 4 is 18.1 Å². The summed E-state index contributed by atoms with van der Waals surface area (Å²) < 4.78 is 5.70. The summed E-state index contributed by atoms with van der Waals surface area (Å²) >= 11 is 0. The summed E-state index contributed by atoms with van der Waals surface area (Å²) in [6.45, 7) is 5.18. The van der Waals surface area contributed by atoms with Crippen molar-refractivity contribution in [2.24, 2.45) is 0 Å². The van der Waals surface area contributed by atoms with Crippen LogP contribution in [0.15, 0.2) is 24.4 Å². The van der Waals surface area contributed by atoms with Gasteiger partial charge in [-0.2, -0.15) is 0 Å². The lowest BCUT2D eigenvalue weighted by atomic mass is 9.79. The Bertz CT molecular complexity index is 744. The van der Waals surface area contributed by atoms with E-state index in [1.165, 1.54) is 5.56 Å². The Balaban J connectivity index is 1.86. The fraction of sp³-hybridized carbons (Fsp3) is 0.294. The molecule has 22 heavy (non-hydrogen) atoms. The number of hydrogen-bond acceptors (Lipinski definition) is 3. The highest BCUT2D eigenvalue weighted by molar-refractivity contribution is 5.84. The monoisotopic (exact) mass is 298 g/mol. The molecule has 1 aromatic carbocycles. The third-order valence-electron chi connectivity index (χ3n) is 3.96. The maximum atomic E-state index is 10.8. The van der Waals surface area contributed by atoms with Crippen molar-refractivity contribution in [3.63, 3.8) is 0 Å². The van der Waals surface area contributed by atoms with Gasteiger partial charge in [0, 0.05) is 11.8 Å². The number of carboxylic acid groups (broad SMARTS) is 1. The van der Waals surface area contributed by atoms with Gasteiger partial charge < -0.3 is 14.8 Å². The van der Waals surface area contributed by atoms with Crippen LogP contribution >= 0.6 is 0 Å². The first-order valence-electron chi connectivity index (χ1n) is 7.20. The average molecular weight is 298 g/mol. The quantitative estimate of drug-likeness (QED) is 0.911. The first kappa shape index (κ1) is 14.4. The molecule has 0 fully saturated rings. The Labute approximate surface area is 128 Å². The SMILES string of the molecule is CC1(C)CCOc2ccc(/C=C/c3c[nH]c(C(=O)O)n3)cc21. The van der Waals surface area contributed by atoms with Crippen LogP contribution in [0.3, 0.4) is 0 Å². The number of carboxylic acids is 1. The molecule has 1 aliphatic rings. The van der Waals surface area contributed by atoms with Crippen LogP contribution in [0.1, 0.15) is 47.7 Å². The van der Waals surface area contributed by atoms with Gasteiger partial charge in [0.05, 0.1) is 12.3 Å². The van der Waals surface area contributed by atoms with E-state index in [1.807, 2.05) is 18.2 Å². The Morgan fingerprint density at radius 3 is 2.95 bits per heavy atom. The van der Waals surface area contributed by atoms with E-state index in [2.05, 4.69) is 29.9 Å². The second kappa shape index (κ2) is 5.33. The average Bonchev–Trinajstić information content (AvgIpc) is 2.94. The number of rotatable bonds is 3. The highest BCUT2D eigenvalue weighted by Gasteiger charge is 2.28. The largest absolute Gasteiger partial charge is 0.493 e. The van der Waals surface area contributed by atoms with E-state index in [9.17, 15) is 4.79 Å². The van der Waals surface area contributed by atoms with Crippen LogP contribution in [0.4, 0.5) is 0 Å². The molecule has 0 saturated heterocycles. The van der Waals surface area contributed by atoms with Crippen molar-refractivity contribution in [2.75, 3.05) is 6.61 Å². The molecule has 0 saturated carbocycles. The Morgan fingerprint density at radius 1 is 1.41 bits per heavy atom. The number of aromatic nitrogens is 2. The molecule has 2 N–H and O–H groups in total. The molecule has 0 spiro atoms. The van der Waals surface area contributed by atoms with Crippen molar-refractivity contribution in [3.05, 3.63) is 47.0 Å². The maximum absolute atomic E-state index is 10.8. The van der Waals surface area contributed by atoms with Gasteiger partial charge in [0.2, 0.25) is 5.82 Å². The molecule has 5 nitrogen and oxygen atoms in total. The highest BCUT2D eigenvalue weighted by Crippen LogP contribution is 2.38. The molecule has 0 radical (unpaired) electrons. The standard InChI is InChI=1S/C17H18N2O3/c1-17(2)7-8-22-14-6-4-11(9-13(14)17)3-5-12-10-18-15(19-12)16(20)21/h3-6,9-10H,7-8H2,1-2H3,(H,18,19)(H,20,21)/b5-3+. The third kappa shape index (κ3) is 2.74. The zero-order valence-electron chi connectivity index (χ0n) is 12.6. The number of benzene rings is 1. The molecule has 1 aliphatic heterocycles. The second-order valence-electron chi connectivity index (χ2n) is 6.05. The summed E-state index contributed by atoms with van der Waals surface area (Å²) in [5, 5.41) is 8.84. The van der Waals surface area contributed by atoms with Gasteiger partial charge in [-0.1, -0.05) is 26.0 Å². The molecule has 5 heteroatoms. The molecule has 0 bridgehead atoms. The van der Waals surface area contributed by atoms with Gasteiger partial charge in [-0.25, -0.2) is 9.78 Å². The fourth-order valence-corrected chi connectivity index (χ4v) is 2.57. The number of ether oxygens (including phenoxy) is 1. The van der Waals surface area contributed by atoms with Crippen LogP contribution in [0.2, 0.25) is 0 Å². The van der Waals surface area contributed by atoms with Gasteiger partial charge in [0.15, 0.2) is 0 Å². The van der Waals surface area contributed by atoms with E-state index in [0.29, 0.717) is 5.69 Å². The molecule has 0 aliphatic carbocycles. The van der Waals surface area contributed by atoms with E-state index in [0.717, 1.165) is 24.3 Å². The number of fused-ring (bicyclic) bond motifs is 1. The van der Waals surface area contributed by atoms with Crippen molar-refractivity contribution in [3.8, 4) is 5.75 Å². The van der Waals surface area contributed by atoms with Crippen LogP contribution in [0.5, 0.6) is 5.75 Å². The van der Waals surface area contributed by atoms with Gasteiger partial charge >= 0.3 is 5.97 Å². The Kier molecular flexibility index (Phi) is 3.48. The second-order valence-corrected chi connectivity index (χ2v) is 6.05. The van der Waals surface area contributed by atoms with E-state index in [1.54, 1.807) is 12.3 Å². The molecule has 1 aromatic heterocycles. The van der Waals surface area contributed by atoms with Gasteiger partial charge in [-0.05, 0) is 35.6 Å². The van der Waals surface area contributed by atoms with E-state index >= 15 is 0 Å². The first-order valence-corrected chi connectivity index (χ1v) is 7.20. The molecule has 2 heterocycles. The minimum Gasteiger partial charge on any atom is -0.493 e. The summed E-state index contributed by atoms with van der Waals surface area (Å²) in [5.74, 6) is -0.173. The number of nitrogens with zero attached hydrogens (tertiary/aromatic N) is 1. The number of nitrogens with one attached hydrogen (secondary N) is 1. The number of imidazole rings is 1. The highest BCUT2D eigenvalue weighted by atomic mass is 16.5. The van der Waals surface area contributed by atoms with E-state index in [-0.39, 0.29) is 11.2 Å². The lowest BCUT2D eigenvalue weighted by Gasteiger charge is -2.32. The lowest BCUT2D eigenvalue weighted by molar-refractivity contribution is 0.0684. The number of H-pyrrole nitrogens is 1. The molecule has 0 atom stereocenters. The van der Waals surface area contributed by atoms with Crippen molar-refractivity contribution in [1.29, 1.82) is 0 Å². The van der Waals surface area contributed by atoms with Gasteiger partial charge in [-0.3, -0.25) is 0 Å². The van der Waals surface area contributed by atoms with Crippen LogP contribution in [0.25, 0.3) is 12.2 Å². The summed E-state index contributed by atoms with van der Waals surface area (Å²) in [6.07, 6.45) is 6.29. The van der Waals surface area contributed by atoms with Crippen molar-refractivity contribution in [1.82, 2.24) is 9.97 Å². The number of aromatic carboxylic acids is 1. The normalized spacial score (nSPS) is 16.3. The topological polar surface area (TPSA) is 75.2 Å². The van der Waals surface area contributed by atoms with Gasteiger partial charge in [-0.15, -0.1) is 0 Å². The van der Waals surface area contributed by atoms with Gasteiger partial charge in [0.1, 0.15) is 5.75 Å². The summed E-state index contributed by atoms with van der Waals surface area (Å²) in [7, 11) is 0. The molecule has 0 amide bonds. The van der Waals surface area contributed by atoms with Crippen molar-refractivity contribution in [2.45, 2.75) is 25.7 Å². The number of hydrogen-bond donors (Lipinski definition) is 2. The predicted molar refractivity (Wildman–Crippen MR) is 84.1 cm³/mol. The molecule has 114 valence electrons. The zero-order chi connectivity index (χ0) is 15.7. The predicted octanol–water partition coefficient (Wildman–Crippen LogP) is 3.34. The molecular weight excluding hydrogens is 280 g/mol. The van der Waals surface area contributed by atoms with E-state index in [4.69, 9.17) is 9.84 Å². The first-order chi connectivity index (χ1) is 10.5. The minimum absolute atomic E-state index is 0.0559. The zero-order valence-corrected chi connectivity index (χ0v) is 12.6. The number of aromatic amines is 1. The van der Waals surface area contributed by atoms with Crippen LogP contribution < -0.4 is 4.74 Å². The molecule has 0 unspecified atom stereocenters. The fourth-order valence-electron chi connectivity index (χ4n) is 2.57. The van der Waals surface area contributed by atoms with Crippen LogP contribution in [-0.4, -0.2) is 27.7 Å². The third-order valence-corrected chi connectivity index (χ3v) is 3.96. The van der Waals surface area contributed by atoms with Crippen molar-refractivity contribution < 1.29 is 14.6 Å². The Morgan fingerprint density at radius 2 is 2.23 bits per heavy atom. The minimum atomic E-state index is -1.06. The van der Waals surface area contributed by atoms with Crippen LogP contribution in [0, 0.1) is 0 Å². The number of carbonyl (C=O) groups is 1. The molecule has 3 rings (SSSR count). The molecule has 2 aromatic rings. The summed E-state index contributed by atoms with van der Waals surface area (Å²) in [4.78, 5) is 17.4. The lowest BCUT2D eigenvalue weighted by Crippen LogP contribution is -2.26. The summed E-state index contributed by atoms with van der Waals surface area (Å²) in [5.41, 5.74) is 2.93. The summed E-state index contributed by atoms with van der Waals surface area (Å²) in [6, 6.07) is 6.10.